The fraction of sp³-hybridized carbons (Fsp3) is 0.692. The van der Waals surface area contributed by atoms with E-state index in [4.69, 9.17) is 10.8 Å². The number of thioether (sulfide) groups is 1. The number of aliphatic carboxylic acids is 1. The molecule has 0 aliphatic rings. The average molecular weight is 380 g/mol. The van der Waals surface area contributed by atoms with Crippen molar-refractivity contribution < 1.29 is 24.3 Å². The highest BCUT2D eigenvalue weighted by atomic mass is 32.2. The molecule has 6 N–H and O–H groups in total. The van der Waals surface area contributed by atoms with Gasteiger partial charge in [0.15, 0.2) is 0 Å². The summed E-state index contributed by atoms with van der Waals surface area (Å²) in [6.45, 7) is 0.898. The number of rotatable bonds is 11. The molecule has 0 aliphatic carbocycles. The van der Waals surface area contributed by atoms with Crippen LogP contribution in [0.4, 0.5) is 0 Å². The van der Waals surface area contributed by atoms with Gasteiger partial charge in [0, 0.05) is 5.75 Å². The van der Waals surface area contributed by atoms with Gasteiger partial charge in [-0.05, 0) is 25.4 Å². The molecule has 9 nitrogen and oxygen atoms in total. The van der Waals surface area contributed by atoms with Gasteiger partial charge >= 0.3 is 5.97 Å². The van der Waals surface area contributed by atoms with Crippen molar-refractivity contribution in [2.75, 3.05) is 24.3 Å². The van der Waals surface area contributed by atoms with E-state index in [1.165, 1.54) is 6.92 Å². The first-order valence-electron chi connectivity index (χ1n) is 7.18. The molecule has 138 valence electrons. The van der Waals surface area contributed by atoms with E-state index < -0.39 is 48.4 Å². The predicted octanol–water partition coefficient (Wildman–Crippen LogP) is -1.81. The second-order valence-corrected chi connectivity index (χ2v) is 6.32. The summed E-state index contributed by atoms with van der Waals surface area (Å²) in [5.41, 5.74) is 5.71. The molecule has 0 aliphatic heterocycles. The first-order chi connectivity index (χ1) is 11.2. The standard InChI is InChI=1S/C13H24N4O5S2/c1-7(16-12(21)8(14)3-4-24-2)11(20)17-9(6-23)13(22)15-5-10(18)19/h7-9,23H,3-6,14H2,1-2H3,(H,15,22)(H,16,21)(H,17,20)(H,18,19). The number of thiol groups is 1. The highest BCUT2D eigenvalue weighted by Gasteiger charge is 2.24. The van der Waals surface area contributed by atoms with Gasteiger partial charge < -0.3 is 26.8 Å². The number of carbonyl (C=O) groups excluding carboxylic acids is 3. The van der Waals surface area contributed by atoms with Crippen molar-refractivity contribution in [2.45, 2.75) is 31.5 Å². The molecule has 24 heavy (non-hydrogen) atoms. The zero-order valence-electron chi connectivity index (χ0n) is 13.6. The second-order valence-electron chi connectivity index (χ2n) is 4.97. The average Bonchev–Trinajstić information content (AvgIpc) is 2.54. The fourth-order valence-corrected chi connectivity index (χ4v) is 2.29. The third kappa shape index (κ3) is 8.99. The van der Waals surface area contributed by atoms with E-state index in [0.717, 1.165) is 5.75 Å². The van der Waals surface area contributed by atoms with Crippen LogP contribution in [-0.4, -0.2) is 71.2 Å². The van der Waals surface area contributed by atoms with Crippen LogP contribution in [0.1, 0.15) is 13.3 Å². The Morgan fingerprint density at radius 2 is 1.79 bits per heavy atom. The van der Waals surface area contributed by atoms with Crippen molar-refractivity contribution in [3.05, 3.63) is 0 Å². The lowest BCUT2D eigenvalue weighted by atomic mass is 10.2. The number of carboxylic acid groups (broad SMARTS) is 1. The number of nitrogens with two attached hydrogens (primary N) is 1. The summed E-state index contributed by atoms with van der Waals surface area (Å²) in [5.74, 6) is -2.22. The molecule has 0 rings (SSSR count). The highest BCUT2D eigenvalue weighted by molar-refractivity contribution is 7.98. The smallest absolute Gasteiger partial charge is 0.322 e. The molecule has 3 atom stereocenters. The Balaban J connectivity index is 4.47. The predicted molar refractivity (Wildman–Crippen MR) is 95.0 cm³/mol. The lowest BCUT2D eigenvalue weighted by molar-refractivity contribution is -0.138. The van der Waals surface area contributed by atoms with Crippen LogP contribution in [0.2, 0.25) is 0 Å². The molecule has 0 aromatic carbocycles. The van der Waals surface area contributed by atoms with Crippen LogP contribution in [0.3, 0.4) is 0 Å². The summed E-state index contributed by atoms with van der Waals surface area (Å²) < 4.78 is 0. The van der Waals surface area contributed by atoms with Crippen LogP contribution in [-0.2, 0) is 19.2 Å². The molecule has 0 saturated heterocycles. The number of carbonyl (C=O) groups is 4. The second kappa shape index (κ2) is 12.0. The third-order valence-electron chi connectivity index (χ3n) is 2.95. The summed E-state index contributed by atoms with van der Waals surface area (Å²) in [7, 11) is 0. The number of amides is 3. The number of nitrogens with one attached hydrogen (secondary N) is 3. The highest BCUT2D eigenvalue weighted by Crippen LogP contribution is 1.99. The third-order valence-corrected chi connectivity index (χ3v) is 3.96. The van der Waals surface area contributed by atoms with Gasteiger partial charge in [-0.3, -0.25) is 19.2 Å². The molecule has 0 aromatic heterocycles. The first-order valence-corrected chi connectivity index (χ1v) is 9.21. The van der Waals surface area contributed by atoms with E-state index in [-0.39, 0.29) is 5.75 Å². The fourth-order valence-electron chi connectivity index (χ4n) is 1.54. The van der Waals surface area contributed by atoms with Crippen molar-refractivity contribution in [3.63, 3.8) is 0 Å². The van der Waals surface area contributed by atoms with Crippen molar-refractivity contribution in [1.82, 2.24) is 16.0 Å². The Morgan fingerprint density at radius 3 is 2.29 bits per heavy atom. The van der Waals surface area contributed by atoms with Crippen LogP contribution < -0.4 is 21.7 Å². The summed E-state index contributed by atoms with van der Waals surface area (Å²) in [6, 6.07) is -2.62. The molecule has 11 heteroatoms. The van der Waals surface area contributed by atoms with E-state index in [1.807, 2.05) is 6.26 Å². The van der Waals surface area contributed by atoms with Crippen LogP contribution in [0, 0.1) is 0 Å². The Morgan fingerprint density at radius 1 is 1.17 bits per heavy atom. The van der Waals surface area contributed by atoms with Gasteiger partial charge in [-0.1, -0.05) is 0 Å². The van der Waals surface area contributed by atoms with Crippen LogP contribution in [0.15, 0.2) is 0 Å². The minimum absolute atomic E-state index is 0.0227. The summed E-state index contributed by atoms with van der Waals surface area (Å²) in [6.07, 6.45) is 2.38. The topological polar surface area (TPSA) is 151 Å². The largest absolute Gasteiger partial charge is 0.480 e. The first kappa shape index (κ1) is 22.5. The SMILES string of the molecule is CSCCC(N)C(=O)NC(C)C(=O)NC(CS)C(=O)NCC(=O)O. The number of hydrogen-bond donors (Lipinski definition) is 6. The summed E-state index contributed by atoms with van der Waals surface area (Å²) in [5, 5.41) is 15.5. The molecule has 0 heterocycles. The molecule has 0 fully saturated rings. The molecule has 3 amide bonds. The molecule has 0 spiro atoms. The quantitative estimate of drug-likeness (QED) is 0.231. The zero-order valence-corrected chi connectivity index (χ0v) is 15.3. The van der Waals surface area contributed by atoms with Gasteiger partial charge in [-0.2, -0.15) is 24.4 Å². The van der Waals surface area contributed by atoms with E-state index in [2.05, 4.69) is 28.6 Å². The molecule has 0 aromatic rings. The van der Waals surface area contributed by atoms with Crippen LogP contribution in [0.25, 0.3) is 0 Å². The van der Waals surface area contributed by atoms with Crippen molar-refractivity contribution in [2.24, 2.45) is 5.73 Å². The zero-order chi connectivity index (χ0) is 18.7. The van der Waals surface area contributed by atoms with Crippen molar-refractivity contribution in [3.8, 4) is 0 Å². The maximum absolute atomic E-state index is 12.0. The summed E-state index contributed by atoms with van der Waals surface area (Å²) >= 11 is 5.51. The van der Waals surface area contributed by atoms with Crippen molar-refractivity contribution >= 4 is 48.1 Å². The van der Waals surface area contributed by atoms with Gasteiger partial charge in [0.1, 0.15) is 18.6 Å². The molecule has 3 unspecified atom stereocenters. The maximum atomic E-state index is 12.0. The minimum Gasteiger partial charge on any atom is -0.480 e. The number of hydrogen-bond acceptors (Lipinski definition) is 7. The monoisotopic (exact) mass is 380 g/mol. The Kier molecular flexibility index (Phi) is 11.3. The molecule has 0 saturated carbocycles. The van der Waals surface area contributed by atoms with Gasteiger partial charge in [0.25, 0.3) is 0 Å². The van der Waals surface area contributed by atoms with E-state index >= 15 is 0 Å². The molecule has 0 bridgehead atoms. The maximum Gasteiger partial charge on any atom is 0.322 e. The Labute approximate surface area is 150 Å². The lowest BCUT2D eigenvalue weighted by Crippen LogP contribution is -2.55. The van der Waals surface area contributed by atoms with Gasteiger partial charge in [-0.15, -0.1) is 0 Å². The normalized spacial score (nSPS) is 14.2. The number of carboxylic acids is 1. The molecule has 0 radical (unpaired) electrons. The van der Waals surface area contributed by atoms with Crippen LogP contribution in [0.5, 0.6) is 0 Å². The van der Waals surface area contributed by atoms with Gasteiger partial charge in [-0.25, -0.2) is 0 Å². The van der Waals surface area contributed by atoms with Crippen molar-refractivity contribution in [1.29, 1.82) is 0 Å². The Hall–Kier alpha value is -1.46. The minimum atomic E-state index is -1.20. The summed E-state index contributed by atoms with van der Waals surface area (Å²) in [4.78, 5) is 46.0. The van der Waals surface area contributed by atoms with Crippen LogP contribution >= 0.6 is 24.4 Å². The van der Waals surface area contributed by atoms with Gasteiger partial charge in [0.05, 0.1) is 6.04 Å². The van der Waals surface area contributed by atoms with E-state index in [0.29, 0.717) is 6.42 Å². The van der Waals surface area contributed by atoms with E-state index in [9.17, 15) is 19.2 Å². The molecular formula is C13H24N4O5S2. The Bertz CT molecular complexity index is 464. The molecular weight excluding hydrogens is 356 g/mol. The van der Waals surface area contributed by atoms with Gasteiger partial charge in [0.2, 0.25) is 17.7 Å². The lowest BCUT2D eigenvalue weighted by Gasteiger charge is -2.20. The van der Waals surface area contributed by atoms with E-state index in [1.54, 1.807) is 11.8 Å².